The average molecular weight is 525 g/mol. The highest BCUT2D eigenvalue weighted by molar-refractivity contribution is 5.96. The van der Waals surface area contributed by atoms with Crippen LogP contribution in [0.15, 0.2) is 54.9 Å². The summed E-state index contributed by atoms with van der Waals surface area (Å²) in [5.74, 6) is -0.439. The Morgan fingerprint density at radius 1 is 1.10 bits per heavy atom. The molecule has 2 aliphatic heterocycles. The molecule has 7 heteroatoms. The fourth-order valence-electron chi connectivity index (χ4n) is 6.61. The van der Waals surface area contributed by atoms with Crippen LogP contribution < -0.4 is 4.90 Å². The average Bonchev–Trinajstić information content (AvgIpc) is 3.66. The van der Waals surface area contributed by atoms with Crippen molar-refractivity contribution >= 4 is 22.6 Å². The molecule has 2 aromatic carbocycles. The molecule has 2 aromatic heterocycles. The summed E-state index contributed by atoms with van der Waals surface area (Å²) in [4.78, 5) is 25.0. The quantitative estimate of drug-likeness (QED) is 0.272. The predicted molar refractivity (Wildman–Crippen MR) is 152 cm³/mol. The number of benzene rings is 2. The highest BCUT2D eigenvalue weighted by atomic mass is 16.6. The molecule has 0 N–H and O–H groups in total. The van der Waals surface area contributed by atoms with Crippen LogP contribution in [0, 0.1) is 6.92 Å². The van der Waals surface area contributed by atoms with Crippen LogP contribution in [0.25, 0.3) is 10.9 Å². The molecule has 6 rings (SSSR count). The summed E-state index contributed by atoms with van der Waals surface area (Å²) < 4.78 is 14.7. The number of esters is 1. The second kappa shape index (κ2) is 10.1. The first-order chi connectivity index (χ1) is 19.0. The highest BCUT2D eigenvalue weighted by Gasteiger charge is 2.54. The van der Waals surface area contributed by atoms with E-state index in [0.717, 1.165) is 84.5 Å². The third-order valence-electron chi connectivity index (χ3n) is 8.41. The second-order valence-electron chi connectivity index (χ2n) is 10.4. The molecule has 202 valence electrons. The van der Waals surface area contributed by atoms with Gasteiger partial charge in [-0.2, -0.15) is 0 Å². The van der Waals surface area contributed by atoms with Crippen LogP contribution in [0.3, 0.4) is 0 Å². The van der Waals surface area contributed by atoms with Gasteiger partial charge in [-0.1, -0.05) is 31.2 Å². The van der Waals surface area contributed by atoms with Gasteiger partial charge < -0.3 is 18.9 Å². The van der Waals surface area contributed by atoms with Gasteiger partial charge in [0.15, 0.2) is 5.69 Å². The molecule has 0 bridgehead atoms. The molecule has 39 heavy (non-hydrogen) atoms. The minimum absolute atomic E-state index is 0.266. The molecule has 0 aliphatic carbocycles. The van der Waals surface area contributed by atoms with E-state index in [4.69, 9.17) is 14.5 Å². The molecule has 0 amide bonds. The van der Waals surface area contributed by atoms with E-state index in [1.54, 1.807) is 12.4 Å². The van der Waals surface area contributed by atoms with Crippen molar-refractivity contribution in [3.05, 3.63) is 88.6 Å². The maximum Gasteiger partial charge on any atom is 0.360 e. The zero-order chi connectivity index (χ0) is 27.1. The third kappa shape index (κ3) is 3.94. The summed E-state index contributed by atoms with van der Waals surface area (Å²) >= 11 is 0. The van der Waals surface area contributed by atoms with Gasteiger partial charge in [0, 0.05) is 72.0 Å². The SMILES string of the molecule is CCc1cc(N(CC)CC2CCCO2)ccc1C1(c2c(C)n(CC)c3ccccc23)OC(=O)c2nccnc21. The maximum atomic E-state index is 13.4. The van der Waals surface area contributed by atoms with E-state index in [1.165, 1.54) is 0 Å². The van der Waals surface area contributed by atoms with Gasteiger partial charge in [0.05, 0.1) is 6.10 Å². The van der Waals surface area contributed by atoms with Crippen molar-refractivity contribution in [1.29, 1.82) is 0 Å². The van der Waals surface area contributed by atoms with Gasteiger partial charge >= 0.3 is 5.97 Å². The Balaban J connectivity index is 1.59. The van der Waals surface area contributed by atoms with Gasteiger partial charge in [0.1, 0.15) is 5.69 Å². The number of carbonyl (C=O) groups is 1. The molecule has 2 atom stereocenters. The summed E-state index contributed by atoms with van der Waals surface area (Å²) in [6.45, 7) is 12.0. The van der Waals surface area contributed by atoms with Crippen molar-refractivity contribution in [2.45, 2.75) is 65.2 Å². The van der Waals surface area contributed by atoms with Gasteiger partial charge in [-0.15, -0.1) is 0 Å². The van der Waals surface area contributed by atoms with E-state index in [2.05, 4.69) is 78.5 Å². The number of aryl methyl sites for hydroxylation is 2. The molecule has 0 spiro atoms. The number of hydrogen-bond acceptors (Lipinski definition) is 6. The van der Waals surface area contributed by atoms with Crippen LogP contribution in [0.1, 0.15) is 72.2 Å². The number of likely N-dealkylation sites (N-methyl/N-ethyl adjacent to an activating group) is 1. The number of hydrogen-bond donors (Lipinski definition) is 0. The van der Waals surface area contributed by atoms with Crippen LogP contribution >= 0.6 is 0 Å². The molecular weight excluding hydrogens is 488 g/mol. The molecule has 2 aliphatic rings. The lowest BCUT2D eigenvalue weighted by Gasteiger charge is -2.33. The minimum Gasteiger partial charge on any atom is -0.438 e. The van der Waals surface area contributed by atoms with Gasteiger partial charge in [0.2, 0.25) is 5.60 Å². The van der Waals surface area contributed by atoms with Crippen molar-refractivity contribution < 1.29 is 14.3 Å². The summed E-state index contributed by atoms with van der Waals surface area (Å²) in [6, 6.07) is 14.9. The Labute approximate surface area is 229 Å². The van der Waals surface area contributed by atoms with E-state index in [9.17, 15) is 4.79 Å². The fraction of sp³-hybridized carbons (Fsp3) is 0.406. The highest BCUT2D eigenvalue weighted by Crippen LogP contribution is 2.51. The van der Waals surface area contributed by atoms with Crippen LogP contribution in [-0.2, 0) is 28.0 Å². The van der Waals surface area contributed by atoms with Gasteiger partial charge in [0.25, 0.3) is 0 Å². The zero-order valence-corrected chi connectivity index (χ0v) is 23.2. The topological polar surface area (TPSA) is 69.5 Å². The maximum absolute atomic E-state index is 13.4. The van der Waals surface area contributed by atoms with Crippen LogP contribution in [0.4, 0.5) is 5.69 Å². The first kappa shape index (κ1) is 25.6. The van der Waals surface area contributed by atoms with E-state index in [1.807, 2.05) is 6.07 Å². The number of ether oxygens (including phenoxy) is 2. The van der Waals surface area contributed by atoms with Crippen LogP contribution in [-0.4, -0.2) is 46.3 Å². The Morgan fingerprint density at radius 2 is 1.92 bits per heavy atom. The number of nitrogens with zero attached hydrogens (tertiary/aromatic N) is 4. The lowest BCUT2D eigenvalue weighted by Crippen LogP contribution is -2.34. The van der Waals surface area contributed by atoms with Gasteiger partial charge in [-0.25, -0.2) is 9.78 Å². The Hall–Kier alpha value is -3.71. The lowest BCUT2D eigenvalue weighted by molar-refractivity contribution is 0.0240. The molecule has 4 aromatic rings. The minimum atomic E-state index is -1.19. The molecule has 4 heterocycles. The number of para-hydroxylation sites is 1. The fourth-order valence-corrected chi connectivity index (χ4v) is 6.61. The van der Waals surface area contributed by atoms with Gasteiger partial charge in [-0.3, -0.25) is 4.98 Å². The van der Waals surface area contributed by atoms with E-state index >= 15 is 0 Å². The molecule has 0 saturated carbocycles. The molecule has 1 saturated heterocycles. The number of anilines is 1. The standard InChI is InChI=1S/C32H36N4O3/c1-5-22-19-23(35(6-2)20-24-11-10-18-38-24)14-15-26(22)32(30-29(31(37)39-32)33-16-17-34-30)28-21(4)36(7-3)27-13-9-8-12-25(27)28/h8-9,12-17,19,24H,5-7,10-11,18,20H2,1-4H3. The van der Waals surface area contributed by atoms with Crippen molar-refractivity contribution in [3.8, 4) is 0 Å². The number of aromatic nitrogens is 3. The molecular formula is C32H36N4O3. The number of fused-ring (bicyclic) bond motifs is 2. The largest absolute Gasteiger partial charge is 0.438 e. The Bertz CT molecular complexity index is 1540. The molecule has 1 fully saturated rings. The van der Waals surface area contributed by atoms with Crippen molar-refractivity contribution in [1.82, 2.24) is 14.5 Å². The summed E-state index contributed by atoms with van der Waals surface area (Å²) in [7, 11) is 0. The second-order valence-corrected chi connectivity index (χ2v) is 10.4. The number of carbonyl (C=O) groups excluding carboxylic acids is 1. The predicted octanol–water partition coefficient (Wildman–Crippen LogP) is 5.79. The van der Waals surface area contributed by atoms with Gasteiger partial charge in [-0.05, 0) is 63.8 Å². The summed E-state index contributed by atoms with van der Waals surface area (Å²) in [5.41, 5.74) is 6.00. The van der Waals surface area contributed by atoms with E-state index in [-0.39, 0.29) is 11.8 Å². The molecule has 7 nitrogen and oxygen atoms in total. The first-order valence-corrected chi connectivity index (χ1v) is 14.2. The lowest BCUT2D eigenvalue weighted by atomic mass is 9.79. The summed E-state index contributed by atoms with van der Waals surface area (Å²) in [6.07, 6.45) is 6.49. The number of rotatable bonds is 8. The molecule has 0 radical (unpaired) electrons. The van der Waals surface area contributed by atoms with Crippen molar-refractivity contribution in [2.75, 3.05) is 24.6 Å². The number of cyclic esters (lactones) is 1. The first-order valence-electron chi connectivity index (χ1n) is 14.2. The van der Waals surface area contributed by atoms with E-state index in [0.29, 0.717) is 5.69 Å². The van der Waals surface area contributed by atoms with Crippen molar-refractivity contribution in [2.24, 2.45) is 0 Å². The Kier molecular flexibility index (Phi) is 6.63. The summed E-state index contributed by atoms with van der Waals surface area (Å²) in [5, 5.41) is 1.06. The Morgan fingerprint density at radius 3 is 2.67 bits per heavy atom. The molecule has 2 unspecified atom stereocenters. The van der Waals surface area contributed by atoms with Crippen LogP contribution in [0.2, 0.25) is 0 Å². The van der Waals surface area contributed by atoms with E-state index < -0.39 is 11.6 Å². The monoisotopic (exact) mass is 524 g/mol. The normalized spacial score (nSPS) is 20.4. The third-order valence-corrected chi connectivity index (χ3v) is 8.41. The zero-order valence-electron chi connectivity index (χ0n) is 23.2. The van der Waals surface area contributed by atoms with Crippen LogP contribution in [0.5, 0.6) is 0 Å². The smallest absolute Gasteiger partial charge is 0.360 e. The van der Waals surface area contributed by atoms with Crippen molar-refractivity contribution in [3.63, 3.8) is 0 Å².